The number of carbonyl (C=O) groups is 1. The van der Waals surface area contributed by atoms with E-state index in [0.29, 0.717) is 12.1 Å². The van der Waals surface area contributed by atoms with Gasteiger partial charge in [0.15, 0.2) is 0 Å². The molecular weight excluding hydrogens is 240 g/mol. The molecule has 2 aromatic rings. The van der Waals surface area contributed by atoms with Crippen LogP contribution >= 0.6 is 0 Å². The maximum absolute atomic E-state index is 11.8. The molecule has 0 atom stereocenters. The van der Waals surface area contributed by atoms with Gasteiger partial charge in [0.2, 0.25) is 0 Å². The highest BCUT2D eigenvalue weighted by atomic mass is 16.1. The Balaban J connectivity index is 2.09. The lowest BCUT2D eigenvalue weighted by Crippen LogP contribution is -2.24. The fraction of sp³-hybridized carbons (Fsp3) is 0.214. The van der Waals surface area contributed by atoms with E-state index in [-0.39, 0.29) is 5.91 Å². The molecule has 0 saturated heterocycles. The van der Waals surface area contributed by atoms with Gasteiger partial charge in [-0.25, -0.2) is 0 Å². The normalized spacial score (nSPS) is 9.95. The van der Waals surface area contributed by atoms with E-state index in [1.54, 1.807) is 30.9 Å². The van der Waals surface area contributed by atoms with Crippen molar-refractivity contribution < 1.29 is 4.79 Å². The minimum atomic E-state index is -0.107. The SMILES string of the molecule is CCCNC(=O)c1cncc(Nc2cccnc2)c1. The summed E-state index contributed by atoms with van der Waals surface area (Å²) < 4.78 is 0. The minimum Gasteiger partial charge on any atom is -0.353 e. The van der Waals surface area contributed by atoms with Gasteiger partial charge in [0.05, 0.1) is 29.3 Å². The first-order valence-corrected chi connectivity index (χ1v) is 6.20. The molecule has 0 aliphatic heterocycles. The van der Waals surface area contributed by atoms with Crippen LogP contribution in [0.15, 0.2) is 43.0 Å². The van der Waals surface area contributed by atoms with E-state index in [1.165, 1.54) is 0 Å². The zero-order valence-corrected chi connectivity index (χ0v) is 10.8. The average molecular weight is 256 g/mol. The Morgan fingerprint density at radius 1 is 1.21 bits per heavy atom. The third-order valence-corrected chi connectivity index (χ3v) is 2.49. The minimum absolute atomic E-state index is 0.107. The monoisotopic (exact) mass is 256 g/mol. The highest BCUT2D eigenvalue weighted by Gasteiger charge is 2.06. The molecule has 1 amide bonds. The Kier molecular flexibility index (Phi) is 4.44. The van der Waals surface area contributed by atoms with E-state index in [4.69, 9.17) is 0 Å². The first-order chi connectivity index (χ1) is 9.29. The lowest BCUT2D eigenvalue weighted by Gasteiger charge is -2.07. The maximum atomic E-state index is 11.8. The molecular formula is C14H16N4O. The molecule has 19 heavy (non-hydrogen) atoms. The van der Waals surface area contributed by atoms with Crippen LogP contribution in [0.5, 0.6) is 0 Å². The molecule has 2 rings (SSSR count). The molecule has 2 heterocycles. The Labute approximate surface area is 112 Å². The van der Waals surface area contributed by atoms with E-state index < -0.39 is 0 Å². The highest BCUT2D eigenvalue weighted by Crippen LogP contribution is 2.15. The summed E-state index contributed by atoms with van der Waals surface area (Å²) in [5, 5.41) is 5.97. The Hall–Kier alpha value is -2.43. The van der Waals surface area contributed by atoms with Crippen LogP contribution in [-0.4, -0.2) is 22.4 Å². The van der Waals surface area contributed by atoms with Gasteiger partial charge in [-0.3, -0.25) is 14.8 Å². The summed E-state index contributed by atoms with van der Waals surface area (Å²) in [5.74, 6) is -0.107. The molecule has 0 unspecified atom stereocenters. The summed E-state index contributed by atoms with van der Waals surface area (Å²) in [6, 6.07) is 5.51. The lowest BCUT2D eigenvalue weighted by molar-refractivity contribution is 0.0953. The van der Waals surface area contributed by atoms with Crippen molar-refractivity contribution in [1.82, 2.24) is 15.3 Å². The molecule has 0 fully saturated rings. The van der Waals surface area contributed by atoms with Crippen molar-refractivity contribution >= 4 is 17.3 Å². The second kappa shape index (κ2) is 6.49. The van der Waals surface area contributed by atoms with Crippen LogP contribution in [0.2, 0.25) is 0 Å². The summed E-state index contributed by atoms with van der Waals surface area (Å²) in [5.41, 5.74) is 2.16. The second-order valence-electron chi connectivity index (χ2n) is 4.08. The fourth-order valence-electron chi connectivity index (χ4n) is 1.58. The molecule has 0 aromatic carbocycles. The van der Waals surface area contributed by atoms with Gasteiger partial charge in [0, 0.05) is 18.9 Å². The van der Waals surface area contributed by atoms with Crippen LogP contribution in [0.4, 0.5) is 11.4 Å². The van der Waals surface area contributed by atoms with Crippen LogP contribution in [-0.2, 0) is 0 Å². The second-order valence-corrected chi connectivity index (χ2v) is 4.08. The number of carbonyl (C=O) groups excluding carboxylic acids is 1. The van der Waals surface area contributed by atoms with E-state index in [2.05, 4.69) is 20.6 Å². The number of aromatic nitrogens is 2. The highest BCUT2D eigenvalue weighted by molar-refractivity contribution is 5.94. The third-order valence-electron chi connectivity index (χ3n) is 2.49. The van der Waals surface area contributed by atoms with Crippen molar-refractivity contribution in [3.05, 3.63) is 48.5 Å². The quantitative estimate of drug-likeness (QED) is 0.861. The summed E-state index contributed by atoms with van der Waals surface area (Å²) in [6.45, 7) is 2.68. The third kappa shape index (κ3) is 3.77. The van der Waals surface area contributed by atoms with E-state index in [1.807, 2.05) is 19.1 Å². The van der Waals surface area contributed by atoms with Gasteiger partial charge < -0.3 is 10.6 Å². The number of hydrogen-bond donors (Lipinski definition) is 2. The van der Waals surface area contributed by atoms with Crippen molar-refractivity contribution in [2.45, 2.75) is 13.3 Å². The summed E-state index contributed by atoms with van der Waals surface area (Å²) in [6.07, 6.45) is 7.55. The molecule has 2 aromatic heterocycles. The Bertz CT molecular complexity index is 542. The lowest BCUT2D eigenvalue weighted by atomic mass is 10.2. The molecule has 0 radical (unpaired) electrons. The van der Waals surface area contributed by atoms with E-state index in [9.17, 15) is 4.79 Å². The van der Waals surface area contributed by atoms with E-state index in [0.717, 1.165) is 17.8 Å². The Morgan fingerprint density at radius 2 is 2.05 bits per heavy atom. The van der Waals surface area contributed by atoms with Gasteiger partial charge in [-0.1, -0.05) is 6.92 Å². The molecule has 5 heteroatoms. The van der Waals surface area contributed by atoms with Crippen molar-refractivity contribution in [2.24, 2.45) is 0 Å². The van der Waals surface area contributed by atoms with Gasteiger partial charge in [0.25, 0.3) is 5.91 Å². The van der Waals surface area contributed by atoms with Crippen molar-refractivity contribution in [3.8, 4) is 0 Å². The number of anilines is 2. The zero-order valence-electron chi connectivity index (χ0n) is 10.8. The standard InChI is InChI=1S/C14H16N4O/c1-2-5-17-14(19)11-7-13(10-16-8-11)18-12-4-3-6-15-9-12/h3-4,6-10,18H,2,5H2,1H3,(H,17,19). The van der Waals surface area contributed by atoms with Crippen molar-refractivity contribution in [3.63, 3.8) is 0 Å². The molecule has 0 aliphatic carbocycles. The first kappa shape index (κ1) is 13.0. The van der Waals surface area contributed by atoms with Crippen LogP contribution < -0.4 is 10.6 Å². The first-order valence-electron chi connectivity index (χ1n) is 6.20. The molecule has 5 nitrogen and oxygen atoms in total. The van der Waals surface area contributed by atoms with Crippen molar-refractivity contribution in [1.29, 1.82) is 0 Å². The summed E-state index contributed by atoms with van der Waals surface area (Å²) in [7, 11) is 0. The number of pyridine rings is 2. The molecule has 0 aliphatic rings. The van der Waals surface area contributed by atoms with Crippen LogP contribution in [0, 0.1) is 0 Å². The predicted octanol–water partition coefficient (Wildman–Crippen LogP) is 2.36. The van der Waals surface area contributed by atoms with Gasteiger partial charge in [-0.2, -0.15) is 0 Å². The fourth-order valence-corrected chi connectivity index (χ4v) is 1.58. The largest absolute Gasteiger partial charge is 0.353 e. The molecule has 2 N–H and O–H groups in total. The number of nitrogens with zero attached hydrogens (tertiary/aromatic N) is 2. The van der Waals surface area contributed by atoms with Gasteiger partial charge in [-0.05, 0) is 24.6 Å². The average Bonchev–Trinajstić information content (AvgIpc) is 2.46. The van der Waals surface area contributed by atoms with Crippen LogP contribution in [0.25, 0.3) is 0 Å². The zero-order chi connectivity index (χ0) is 13.5. The van der Waals surface area contributed by atoms with Gasteiger partial charge in [-0.15, -0.1) is 0 Å². The van der Waals surface area contributed by atoms with Crippen molar-refractivity contribution in [2.75, 3.05) is 11.9 Å². The Morgan fingerprint density at radius 3 is 2.79 bits per heavy atom. The summed E-state index contributed by atoms with van der Waals surface area (Å²) >= 11 is 0. The van der Waals surface area contributed by atoms with E-state index >= 15 is 0 Å². The topological polar surface area (TPSA) is 66.9 Å². The molecule has 0 spiro atoms. The van der Waals surface area contributed by atoms with Gasteiger partial charge >= 0.3 is 0 Å². The van der Waals surface area contributed by atoms with Gasteiger partial charge in [0.1, 0.15) is 0 Å². The summed E-state index contributed by atoms with van der Waals surface area (Å²) in [4.78, 5) is 19.9. The molecule has 98 valence electrons. The number of rotatable bonds is 5. The predicted molar refractivity (Wildman–Crippen MR) is 74.4 cm³/mol. The number of amides is 1. The number of nitrogens with one attached hydrogen (secondary N) is 2. The van der Waals surface area contributed by atoms with Crippen LogP contribution in [0.1, 0.15) is 23.7 Å². The number of hydrogen-bond acceptors (Lipinski definition) is 4. The maximum Gasteiger partial charge on any atom is 0.252 e. The molecule has 0 bridgehead atoms. The van der Waals surface area contributed by atoms with Crippen LogP contribution in [0.3, 0.4) is 0 Å². The smallest absolute Gasteiger partial charge is 0.252 e. The molecule has 0 saturated carbocycles.